The Morgan fingerprint density at radius 1 is 1.04 bits per heavy atom. The molecule has 3 heterocycles. The van der Waals surface area contributed by atoms with Crippen LogP contribution in [0, 0.1) is 0 Å². The molecule has 2 aliphatic heterocycles. The van der Waals surface area contributed by atoms with E-state index in [2.05, 4.69) is 5.10 Å². The number of ether oxygens (including phenoxy) is 3. The molecule has 2 aliphatic rings. The van der Waals surface area contributed by atoms with Crippen LogP contribution in [0.1, 0.15) is 26.3 Å². The van der Waals surface area contributed by atoms with Gasteiger partial charge in [-0.1, -0.05) is 47.5 Å². The molecule has 0 radical (unpaired) electrons. The van der Waals surface area contributed by atoms with Crippen molar-refractivity contribution >= 4 is 40.8 Å². The maximum atomic E-state index is 13.7. The summed E-state index contributed by atoms with van der Waals surface area (Å²) in [5.74, 6) is -0.745. The van der Waals surface area contributed by atoms with Crippen LogP contribution in [-0.2, 0) is 22.6 Å². The summed E-state index contributed by atoms with van der Waals surface area (Å²) in [5, 5.41) is 24.5. The summed E-state index contributed by atoms with van der Waals surface area (Å²) < 4.78 is 18.2. The number of methoxy groups -OCH3 is 1. The third kappa shape index (κ3) is 6.55. The first-order chi connectivity index (χ1) is 22.2. The number of carbonyl (C=O) groups excluding carboxylic acids is 1. The number of aromatic nitrogens is 2. The van der Waals surface area contributed by atoms with Crippen LogP contribution < -0.4 is 9.64 Å². The number of morpholine rings is 1. The molecule has 1 unspecified atom stereocenters. The molecule has 2 N–H and O–H groups in total. The highest BCUT2D eigenvalue weighted by atomic mass is 35.5. The van der Waals surface area contributed by atoms with E-state index in [9.17, 15) is 19.8 Å². The van der Waals surface area contributed by atoms with Gasteiger partial charge in [0.05, 0.1) is 72.1 Å². The molecule has 0 spiro atoms. The van der Waals surface area contributed by atoms with Crippen molar-refractivity contribution < 1.29 is 34.0 Å². The highest BCUT2D eigenvalue weighted by molar-refractivity contribution is 6.40. The van der Waals surface area contributed by atoms with E-state index in [0.29, 0.717) is 43.3 Å². The van der Waals surface area contributed by atoms with E-state index >= 15 is 0 Å². The number of para-hydroxylation sites is 1. The van der Waals surface area contributed by atoms with E-state index in [-0.39, 0.29) is 53.5 Å². The van der Waals surface area contributed by atoms with Crippen LogP contribution in [0.5, 0.6) is 5.75 Å². The second-order valence-corrected chi connectivity index (χ2v) is 11.9. The van der Waals surface area contributed by atoms with Crippen LogP contribution in [0.25, 0.3) is 22.3 Å². The van der Waals surface area contributed by atoms with Gasteiger partial charge in [-0.2, -0.15) is 5.10 Å². The number of fused-ring (bicyclic) bond motifs is 1. The fraction of sp³-hybridized carbons (Fsp3) is 0.303. The molecular weight excluding hydrogens is 635 g/mol. The van der Waals surface area contributed by atoms with Gasteiger partial charge in [-0.05, 0) is 35.4 Å². The number of carboxylic acids is 1. The van der Waals surface area contributed by atoms with Crippen molar-refractivity contribution in [2.75, 3.05) is 51.7 Å². The Kier molecular flexibility index (Phi) is 9.48. The summed E-state index contributed by atoms with van der Waals surface area (Å²) in [4.78, 5) is 29.3. The Morgan fingerprint density at radius 3 is 2.52 bits per heavy atom. The number of hydrogen-bond donors (Lipinski definition) is 2. The Labute approximate surface area is 275 Å². The number of anilines is 1. The van der Waals surface area contributed by atoms with E-state index in [4.69, 9.17) is 37.4 Å². The van der Waals surface area contributed by atoms with Crippen molar-refractivity contribution in [3.05, 3.63) is 87.7 Å². The van der Waals surface area contributed by atoms with E-state index in [1.807, 2.05) is 29.2 Å². The van der Waals surface area contributed by atoms with Crippen LogP contribution in [0.3, 0.4) is 0 Å². The number of carboxylic acid groups (broad SMARTS) is 1. The number of nitrogens with zero attached hydrogens (tertiary/aromatic N) is 4. The van der Waals surface area contributed by atoms with Gasteiger partial charge in [0.2, 0.25) is 0 Å². The smallest absolute Gasteiger partial charge is 0.337 e. The number of rotatable bonds is 9. The van der Waals surface area contributed by atoms with Gasteiger partial charge < -0.3 is 34.2 Å². The van der Waals surface area contributed by atoms with Gasteiger partial charge in [-0.15, -0.1) is 0 Å². The zero-order valence-electron chi connectivity index (χ0n) is 25.0. The van der Waals surface area contributed by atoms with Gasteiger partial charge in [-0.3, -0.25) is 9.48 Å². The molecular formula is C33H32Cl2N4O7. The molecule has 46 heavy (non-hydrogen) atoms. The zero-order valence-corrected chi connectivity index (χ0v) is 26.5. The molecule has 240 valence electrons. The lowest BCUT2D eigenvalue weighted by Crippen LogP contribution is -2.37. The lowest BCUT2D eigenvalue weighted by atomic mass is 9.97. The summed E-state index contributed by atoms with van der Waals surface area (Å²) in [7, 11) is 1.52. The molecule has 0 saturated carbocycles. The maximum absolute atomic E-state index is 13.7. The minimum absolute atomic E-state index is 0.0304. The Balaban J connectivity index is 1.23. The first-order valence-corrected chi connectivity index (χ1v) is 15.4. The molecule has 4 aromatic rings. The fourth-order valence-electron chi connectivity index (χ4n) is 5.75. The minimum atomic E-state index is -0.994. The molecule has 0 bridgehead atoms. The Bertz CT molecular complexity index is 1750. The molecule has 1 fully saturated rings. The van der Waals surface area contributed by atoms with E-state index in [1.54, 1.807) is 41.3 Å². The summed E-state index contributed by atoms with van der Waals surface area (Å²) in [6, 6.07) is 14.3. The van der Waals surface area contributed by atoms with Crippen molar-refractivity contribution in [1.82, 2.24) is 14.7 Å². The molecule has 11 nitrogen and oxygen atoms in total. The van der Waals surface area contributed by atoms with Crippen molar-refractivity contribution in [2.45, 2.75) is 19.2 Å². The third-order valence-electron chi connectivity index (χ3n) is 7.98. The van der Waals surface area contributed by atoms with E-state index < -0.39 is 12.1 Å². The summed E-state index contributed by atoms with van der Waals surface area (Å²) in [6.07, 6.45) is 2.69. The van der Waals surface area contributed by atoms with E-state index in [0.717, 1.165) is 22.3 Å². The number of benzene rings is 3. The van der Waals surface area contributed by atoms with Crippen LogP contribution in [-0.4, -0.2) is 89.6 Å². The van der Waals surface area contributed by atoms with E-state index in [1.165, 1.54) is 12.0 Å². The van der Waals surface area contributed by atoms with Crippen molar-refractivity contribution in [3.63, 3.8) is 0 Å². The number of amides is 1. The molecule has 3 aromatic carbocycles. The molecule has 13 heteroatoms. The van der Waals surface area contributed by atoms with Crippen LogP contribution in [0.4, 0.5) is 5.69 Å². The fourth-order valence-corrected chi connectivity index (χ4v) is 6.40. The third-order valence-corrected chi connectivity index (χ3v) is 8.58. The van der Waals surface area contributed by atoms with Crippen LogP contribution >= 0.6 is 23.2 Å². The Hall–Kier alpha value is -4.13. The van der Waals surface area contributed by atoms with Crippen LogP contribution in [0.15, 0.2) is 60.9 Å². The van der Waals surface area contributed by atoms with Crippen molar-refractivity contribution in [2.24, 2.45) is 0 Å². The molecule has 6 rings (SSSR count). The molecule has 1 aromatic heterocycles. The van der Waals surface area contributed by atoms with Gasteiger partial charge in [-0.25, -0.2) is 4.79 Å². The highest BCUT2D eigenvalue weighted by Gasteiger charge is 2.29. The van der Waals surface area contributed by atoms with Crippen molar-refractivity contribution in [1.29, 1.82) is 0 Å². The van der Waals surface area contributed by atoms with Gasteiger partial charge in [0.25, 0.3) is 5.91 Å². The highest BCUT2D eigenvalue weighted by Crippen LogP contribution is 2.40. The second-order valence-electron chi connectivity index (χ2n) is 11.1. The summed E-state index contributed by atoms with van der Waals surface area (Å²) >= 11 is 13.3. The number of carbonyl (C=O) groups is 2. The van der Waals surface area contributed by atoms with Gasteiger partial charge in [0, 0.05) is 43.1 Å². The SMILES string of the molecule is COCC(O)Cn1cc(-c2cc(Cl)c(C(=O)N3COc4c(cccc4-c4ccc(C(=O)O)c(N5CCOCC5)c4)C3)c(Cl)c2)cn1. The first kappa shape index (κ1) is 31.8. The standard InChI is InChI=1S/C33H32Cl2N4O7/c1-44-18-24(40)17-39-16-23(14-36-39)22-11-27(34)30(28(35)12-22)32(41)38-15-21-3-2-4-25(31(21)46-19-38)20-5-6-26(33(42)43)29(13-20)37-7-9-45-10-8-37/h2-6,11-14,16,24,40H,7-10,15,17-19H2,1H3,(H,42,43). The Morgan fingerprint density at radius 2 is 1.80 bits per heavy atom. The molecule has 0 aliphatic carbocycles. The second kappa shape index (κ2) is 13.7. The lowest BCUT2D eigenvalue weighted by molar-refractivity contribution is 0.0512. The minimum Gasteiger partial charge on any atom is -0.478 e. The van der Waals surface area contributed by atoms with Crippen molar-refractivity contribution in [3.8, 4) is 28.0 Å². The van der Waals surface area contributed by atoms with Gasteiger partial charge in [0.1, 0.15) is 5.75 Å². The number of aliphatic hydroxyl groups excluding tert-OH is 1. The lowest BCUT2D eigenvalue weighted by Gasteiger charge is -2.32. The summed E-state index contributed by atoms with van der Waals surface area (Å²) in [6.45, 7) is 2.92. The first-order valence-electron chi connectivity index (χ1n) is 14.7. The number of halogens is 2. The quantitative estimate of drug-likeness (QED) is 0.252. The predicted molar refractivity (Wildman–Crippen MR) is 173 cm³/mol. The molecule has 1 atom stereocenters. The molecule has 1 amide bonds. The zero-order chi connectivity index (χ0) is 32.4. The van der Waals surface area contributed by atoms with Crippen LogP contribution in [0.2, 0.25) is 10.0 Å². The topological polar surface area (TPSA) is 127 Å². The van der Waals surface area contributed by atoms with Gasteiger partial charge in [0.15, 0.2) is 6.73 Å². The average Bonchev–Trinajstić information content (AvgIpc) is 3.52. The number of aromatic carboxylic acids is 1. The monoisotopic (exact) mass is 666 g/mol. The van der Waals surface area contributed by atoms with Gasteiger partial charge >= 0.3 is 5.97 Å². The largest absolute Gasteiger partial charge is 0.478 e. The predicted octanol–water partition coefficient (Wildman–Crippen LogP) is 5.06. The maximum Gasteiger partial charge on any atom is 0.337 e. The normalized spacial score (nSPS) is 15.3. The molecule has 1 saturated heterocycles. The average molecular weight is 668 g/mol. The number of hydrogen-bond acceptors (Lipinski definition) is 8. The summed E-state index contributed by atoms with van der Waals surface area (Å²) in [5.41, 5.74) is 4.81. The number of aliphatic hydroxyl groups is 1.